The Kier molecular flexibility index (Phi) is 9.16. The third-order valence-corrected chi connectivity index (χ3v) is 5.26. The molecule has 1 amide bonds. The first-order valence-corrected chi connectivity index (χ1v) is 9.93. The molecule has 0 radical (unpaired) electrons. The van der Waals surface area contributed by atoms with Gasteiger partial charge in [0.15, 0.2) is 0 Å². The van der Waals surface area contributed by atoms with Crippen molar-refractivity contribution in [1.29, 1.82) is 0 Å². The van der Waals surface area contributed by atoms with Gasteiger partial charge in [-0.3, -0.25) is 9.63 Å². The second kappa shape index (κ2) is 11.7. The van der Waals surface area contributed by atoms with E-state index in [4.69, 9.17) is 4.84 Å². The second-order valence-corrected chi connectivity index (χ2v) is 7.35. The Balaban J connectivity index is 1.74. The molecule has 0 aliphatic carbocycles. The van der Waals surface area contributed by atoms with Gasteiger partial charge < -0.3 is 0 Å². The minimum absolute atomic E-state index is 0.0439. The molecule has 0 spiro atoms. The summed E-state index contributed by atoms with van der Waals surface area (Å²) in [6.45, 7) is 2.57. The Hall–Kier alpha value is -1.78. The Labute approximate surface area is 155 Å². The van der Waals surface area contributed by atoms with Crippen molar-refractivity contribution < 1.29 is 9.63 Å². The van der Waals surface area contributed by atoms with Crippen molar-refractivity contribution in [2.75, 3.05) is 0 Å². The van der Waals surface area contributed by atoms with Crippen molar-refractivity contribution in [3.8, 4) is 0 Å². The van der Waals surface area contributed by atoms with E-state index in [2.05, 4.69) is 36.7 Å². The van der Waals surface area contributed by atoms with Crippen LogP contribution in [-0.2, 0) is 22.0 Å². The van der Waals surface area contributed by atoms with Crippen LogP contribution in [0.15, 0.2) is 60.7 Å². The van der Waals surface area contributed by atoms with Gasteiger partial charge in [0.1, 0.15) is 0 Å². The van der Waals surface area contributed by atoms with E-state index < -0.39 is 0 Å². The summed E-state index contributed by atoms with van der Waals surface area (Å²) < 4.78 is 0. The average Bonchev–Trinajstić information content (AvgIpc) is 2.65. The van der Waals surface area contributed by atoms with Gasteiger partial charge in [-0.1, -0.05) is 80.4 Å². The van der Waals surface area contributed by atoms with Gasteiger partial charge in [-0.15, -0.1) is 0 Å². The third-order valence-electron chi connectivity index (χ3n) is 3.89. The Morgan fingerprint density at radius 3 is 2.32 bits per heavy atom. The Bertz CT molecular complexity index is 604. The van der Waals surface area contributed by atoms with E-state index in [0.29, 0.717) is 18.3 Å². The maximum Gasteiger partial charge on any atom is 0.244 e. The number of unbranched alkanes of at least 4 members (excludes halogenated alkanes) is 1. The lowest BCUT2D eigenvalue weighted by Crippen LogP contribution is -2.26. The van der Waals surface area contributed by atoms with Gasteiger partial charge in [-0.25, -0.2) is 5.48 Å². The van der Waals surface area contributed by atoms with E-state index in [9.17, 15) is 4.79 Å². The molecule has 0 fully saturated rings. The molecule has 0 saturated carbocycles. The molecular weight excluding hydrogens is 330 g/mol. The van der Waals surface area contributed by atoms with Gasteiger partial charge in [0.2, 0.25) is 5.91 Å². The molecule has 4 heteroatoms. The summed E-state index contributed by atoms with van der Waals surface area (Å²) in [5.74, 6) is 0.894. The largest absolute Gasteiger partial charge is 0.273 e. The molecule has 0 heterocycles. The summed E-state index contributed by atoms with van der Waals surface area (Å²) >= 11 is 1.86. The first kappa shape index (κ1) is 19.5. The smallest absolute Gasteiger partial charge is 0.244 e. The quantitative estimate of drug-likeness (QED) is 0.568. The van der Waals surface area contributed by atoms with Crippen molar-refractivity contribution >= 4 is 17.7 Å². The van der Waals surface area contributed by atoms with Crippen LogP contribution in [0.1, 0.15) is 43.7 Å². The highest BCUT2D eigenvalue weighted by Gasteiger charge is 2.14. The number of amides is 1. The van der Waals surface area contributed by atoms with E-state index in [1.807, 2.05) is 48.2 Å². The number of thioether (sulfide) groups is 1. The summed E-state index contributed by atoms with van der Waals surface area (Å²) in [4.78, 5) is 17.5. The molecule has 1 unspecified atom stereocenters. The molecule has 0 aromatic heterocycles. The van der Waals surface area contributed by atoms with Gasteiger partial charge >= 0.3 is 0 Å². The monoisotopic (exact) mass is 357 g/mol. The minimum atomic E-state index is -0.0439. The number of carbonyl (C=O) groups excluding carboxylic acids is 1. The summed E-state index contributed by atoms with van der Waals surface area (Å²) in [5.41, 5.74) is 4.93. The average molecular weight is 358 g/mol. The van der Waals surface area contributed by atoms with Crippen LogP contribution in [0.2, 0.25) is 0 Å². The second-order valence-electron chi connectivity index (χ2n) is 6.06. The number of nitrogens with one attached hydrogen (secondary N) is 1. The molecule has 1 N–H and O–H groups in total. The maximum atomic E-state index is 12.2. The van der Waals surface area contributed by atoms with Gasteiger partial charge in [0.05, 0.1) is 6.61 Å². The predicted octanol–water partition coefficient (Wildman–Crippen LogP) is 5.12. The fourth-order valence-corrected chi connectivity index (χ4v) is 3.71. The van der Waals surface area contributed by atoms with E-state index in [1.54, 1.807) is 0 Å². The van der Waals surface area contributed by atoms with Gasteiger partial charge in [-0.2, -0.15) is 11.8 Å². The van der Waals surface area contributed by atoms with Crippen LogP contribution in [0.5, 0.6) is 0 Å². The molecule has 2 aromatic rings. The van der Waals surface area contributed by atoms with Crippen LogP contribution >= 0.6 is 11.8 Å². The fraction of sp³-hybridized carbons (Fsp3) is 0.381. The molecule has 0 aliphatic rings. The van der Waals surface area contributed by atoms with Crippen LogP contribution in [0.4, 0.5) is 0 Å². The van der Waals surface area contributed by atoms with Crippen LogP contribution in [0.3, 0.4) is 0 Å². The SMILES string of the molecule is CCCCC(CC(=O)NOCc1ccccc1)SCc1ccccc1. The standard InChI is InChI=1S/C21H27NO2S/c1-2-3-14-20(25-17-19-12-8-5-9-13-19)15-21(23)22-24-16-18-10-6-4-7-11-18/h4-13,20H,2-3,14-17H2,1H3,(H,22,23). The van der Waals surface area contributed by atoms with Gasteiger partial charge in [0.25, 0.3) is 0 Å². The van der Waals surface area contributed by atoms with Gasteiger partial charge in [-0.05, 0) is 17.5 Å². The number of hydrogen-bond donors (Lipinski definition) is 1. The zero-order chi connectivity index (χ0) is 17.7. The van der Waals surface area contributed by atoms with Crippen LogP contribution in [0.25, 0.3) is 0 Å². The van der Waals surface area contributed by atoms with Crippen molar-refractivity contribution in [3.63, 3.8) is 0 Å². The first-order chi connectivity index (χ1) is 12.3. The highest BCUT2D eigenvalue weighted by Crippen LogP contribution is 2.24. The van der Waals surface area contributed by atoms with E-state index in [-0.39, 0.29) is 5.91 Å². The number of hydroxylamine groups is 1. The normalized spacial score (nSPS) is 11.9. The lowest BCUT2D eigenvalue weighted by molar-refractivity contribution is -0.134. The highest BCUT2D eigenvalue weighted by molar-refractivity contribution is 7.99. The van der Waals surface area contributed by atoms with E-state index >= 15 is 0 Å². The molecule has 0 aliphatic heterocycles. The minimum Gasteiger partial charge on any atom is -0.273 e. The molecule has 2 rings (SSSR count). The maximum absolute atomic E-state index is 12.2. The molecule has 0 saturated heterocycles. The molecule has 0 bridgehead atoms. The van der Waals surface area contributed by atoms with Gasteiger partial charge in [0, 0.05) is 17.4 Å². The zero-order valence-corrected chi connectivity index (χ0v) is 15.6. The number of rotatable bonds is 11. The summed E-state index contributed by atoms with van der Waals surface area (Å²) in [5, 5.41) is 0.320. The molecular formula is C21H27NO2S. The van der Waals surface area contributed by atoms with Crippen molar-refractivity contribution in [2.24, 2.45) is 0 Å². The molecule has 25 heavy (non-hydrogen) atoms. The third kappa shape index (κ3) is 8.23. The molecule has 3 nitrogen and oxygen atoms in total. The Morgan fingerprint density at radius 2 is 1.68 bits per heavy atom. The van der Waals surface area contributed by atoms with Crippen molar-refractivity contribution in [2.45, 2.75) is 50.2 Å². The van der Waals surface area contributed by atoms with E-state index in [0.717, 1.165) is 30.6 Å². The summed E-state index contributed by atoms with van der Waals surface area (Å²) in [6, 6.07) is 20.2. The van der Waals surface area contributed by atoms with Crippen molar-refractivity contribution in [3.05, 3.63) is 71.8 Å². The predicted molar refractivity (Wildman–Crippen MR) is 105 cm³/mol. The van der Waals surface area contributed by atoms with Crippen LogP contribution < -0.4 is 5.48 Å². The Morgan fingerprint density at radius 1 is 1.04 bits per heavy atom. The fourth-order valence-electron chi connectivity index (χ4n) is 2.49. The van der Waals surface area contributed by atoms with Crippen LogP contribution in [-0.4, -0.2) is 11.2 Å². The topological polar surface area (TPSA) is 38.3 Å². The lowest BCUT2D eigenvalue weighted by Gasteiger charge is -2.16. The first-order valence-electron chi connectivity index (χ1n) is 8.88. The molecule has 134 valence electrons. The summed E-state index contributed by atoms with van der Waals surface area (Å²) in [6.07, 6.45) is 3.84. The molecule has 1 atom stereocenters. The van der Waals surface area contributed by atoms with Crippen molar-refractivity contribution in [1.82, 2.24) is 5.48 Å². The molecule has 2 aromatic carbocycles. The van der Waals surface area contributed by atoms with Crippen LogP contribution in [0, 0.1) is 0 Å². The summed E-state index contributed by atoms with van der Waals surface area (Å²) in [7, 11) is 0. The number of benzene rings is 2. The lowest BCUT2D eigenvalue weighted by atomic mass is 10.1. The zero-order valence-electron chi connectivity index (χ0n) is 14.8. The number of carbonyl (C=O) groups is 1. The highest BCUT2D eigenvalue weighted by atomic mass is 32.2. The van der Waals surface area contributed by atoms with E-state index in [1.165, 1.54) is 5.56 Å². The number of hydrogen-bond acceptors (Lipinski definition) is 3.